The van der Waals surface area contributed by atoms with Crippen LogP contribution < -0.4 is 10.6 Å². The number of nitrogens with one attached hydrogen (secondary N) is 2. The van der Waals surface area contributed by atoms with E-state index in [2.05, 4.69) is 63.5 Å². The minimum Gasteiger partial charge on any atom is -0.357 e. The van der Waals surface area contributed by atoms with Crippen LogP contribution in [0.1, 0.15) is 26.7 Å². The second-order valence-electron chi connectivity index (χ2n) is 6.13. The van der Waals surface area contributed by atoms with Crippen LogP contribution in [0.2, 0.25) is 0 Å². The zero-order valence-electron chi connectivity index (χ0n) is 14.5. The highest BCUT2D eigenvalue weighted by Gasteiger charge is 2.14. The Morgan fingerprint density at radius 2 is 1.83 bits per heavy atom. The van der Waals surface area contributed by atoms with Crippen molar-refractivity contribution in [2.75, 3.05) is 39.3 Å². The molecule has 1 aliphatic rings. The molecule has 0 aromatic carbocycles. The lowest BCUT2D eigenvalue weighted by atomic mass is 9.99. The zero-order valence-corrected chi connectivity index (χ0v) is 16.8. The molecule has 0 spiro atoms. The maximum atomic E-state index is 4.69. The quantitative estimate of drug-likeness (QED) is 0.395. The highest BCUT2D eigenvalue weighted by molar-refractivity contribution is 14.0. The predicted octanol–water partition coefficient (Wildman–Crippen LogP) is 2.39. The Bertz CT molecular complexity index is 424. The summed E-state index contributed by atoms with van der Waals surface area (Å²) in [6, 6.07) is 4.11. The largest absolute Gasteiger partial charge is 0.357 e. The Balaban J connectivity index is 0.00000264. The Kier molecular flexibility index (Phi) is 10.3. The van der Waals surface area contributed by atoms with E-state index in [1.807, 2.05) is 0 Å². The van der Waals surface area contributed by atoms with Crippen LogP contribution in [0.3, 0.4) is 0 Å². The van der Waals surface area contributed by atoms with Gasteiger partial charge in [0.2, 0.25) is 0 Å². The number of piperidine rings is 1. The lowest BCUT2D eigenvalue weighted by molar-refractivity contribution is 0.197. The number of nitrogens with zero attached hydrogens (tertiary/aromatic N) is 3. The Morgan fingerprint density at radius 1 is 1.13 bits per heavy atom. The summed E-state index contributed by atoms with van der Waals surface area (Å²) in [5, 5.41) is 6.72. The molecule has 1 aromatic rings. The van der Waals surface area contributed by atoms with Crippen LogP contribution in [0.25, 0.3) is 0 Å². The van der Waals surface area contributed by atoms with Crippen LogP contribution in [0, 0.1) is 5.92 Å². The van der Waals surface area contributed by atoms with E-state index in [1.165, 1.54) is 25.9 Å². The average Bonchev–Trinajstić information content (AvgIpc) is 3.02. The summed E-state index contributed by atoms with van der Waals surface area (Å²) in [5.74, 6) is 1.83. The van der Waals surface area contributed by atoms with Crippen LogP contribution in [0.4, 0.5) is 0 Å². The first-order chi connectivity index (χ1) is 10.8. The van der Waals surface area contributed by atoms with E-state index in [0.717, 1.165) is 44.6 Å². The zero-order chi connectivity index (χ0) is 15.6. The standard InChI is InChI=1S/C17H31N5.HI/c1-3-18-17(19-8-14-21-10-4-5-11-21)20-9-15-22-12-6-16(2)7-13-22;/h4-5,10-11,16H,3,6-9,12-15H2,1-2H3,(H2,18,19,20);1H. The summed E-state index contributed by atoms with van der Waals surface area (Å²) in [6.45, 7) is 11.6. The number of hydrogen-bond acceptors (Lipinski definition) is 2. The van der Waals surface area contributed by atoms with Crippen molar-refractivity contribution in [2.24, 2.45) is 10.9 Å². The summed E-state index contributed by atoms with van der Waals surface area (Å²) in [4.78, 5) is 7.22. The first-order valence-corrected chi connectivity index (χ1v) is 8.63. The summed E-state index contributed by atoms with van der Waals surface area (Å²) in [6.07, 6.45) is 6.84. The molecule has 0 unspecified atom stereocenters. The molecule has 23 heavy (non-hydrogen) atoms. The second-order valence-corrected chi connectivity index (χ2v) is 6.13. The number of aromatic nitrogens is 1. The number of guanidine groups is 1. The molecule has 0 saturated carbocycles. The SMILES string of the molecule is CCNC(=NCCN1CCC(C)CC1)NCCn1cccc1.I. The van der Waals surface area contributed by atoms with E-state index in [1.54, 1.807) is 0 Å². The van der Waals surface area contributed by atoms with Crippen molar-refractivity contribution in [3.63, 3.8) is 0 Å². The number of likely N-dealkylation sites (tertiary alicyclic amines) is 1. The van der Waals surface area contributed by atoms with Gasteiger partial charge in [-0.15, -0.1) is 24.0 Å². The van der Waals surface area contributed by atoms with E-state index in [-0.39, 0.29) is 24.0 Å². The molecule has 1 fully saturated rings. The highest BCUT2D eigenvalue weighted by Crippen LogP contribution is 2.15. The molecule has 5 nitrogen and oxygen atoms in total. The van der Waals surface area contributed by atoms with Gasteiger partial charge in [0.25, 0.3) is 0 Å². The van der Waals surface area contributed by atoms with Gasteiger partial charge in [-0.25, -0.2) is 0 Å². The summed E-state index contributed by atoms with van der Waals surface area (Å²) < 4.78 is 2.17. The lowest BCUT2D eigenvalue weighted by Crippen LogP contribution is -2.40. The predicted molar refractivity (Wildman–Crippen MR) is 109 cm³/mol. The second kappa shape index (κ2) is 11.7. The van der Waals surface area contributed by atoms with Crippen molar-refractivity contribution in [3.8, 4) is 0 Å². The molecule has 1 saturated heterocycles. The lowest BCUT2D eigenvalue weighted by Gasteiger charge is -2.29. The normalized spacial score (nSPS) is 16.9. The van der Waals surface area contributed by atoms with Gasteiger partial charge in [0.05, 0.1) is 6.54 Å². The van der Waals surface area contributed by atoms with Crippen LogP contribution >= 0.6 is 24.0 Å². The van der Waals surface area contributed by atoms with E-state index < -0.39 is 0 Å². The molecule has 1 aliphatic heterocycles. The van der Waals surface area contributed by atoms with Crippen molar-refractivity contribution in [1.82, 2.24) is 20.1 Å². The molecular weight excluding hydrogens is 401 g/mol. The molecular formula is C17H32IN5. The fourth-order valence-electron chi connectivity index (χ4n) is 2.75. The van der Waals surface area contributed by atoms with Crippen LogP contribution in [0.5, 0.6) is 0 Å². The van der Waals surface area contributed by atoms with E-state index in [0.29, 0.717) is 0 Å². The first-order valence-electron chi connectivity index (χ1n) is 8.63. The third-order valence-corrected chi connectivity index (χ3v) is 4.24. The number of rotatable bonds is 7. The van der Waals surface area contributed by atoms with Gasteiger partial charge in [-0.05, 0) is 50.9 Å². The van der Waals surface area contributed by atoms with E-state index in [9.17, 15) is 0 Å². The average molecular weight is 433 g/mol. The topological polar surface area (TPSA) is 44.6 Å². The minimum atomic E-state index is 0. The summed E-state index contributed by atoms with van der Waals surface area (Å²) in [7, 11) is 0. The van der Waals surface area contributed by atoms with Crippen molar-refractivity contribution >= 4 is 29.9 Å². The molecule has 2 rings (SSSR count). The molecule has 0 radical (unpaired) electrons. The van der Waals surface area contributed by atoms with Crippen molar-refractivity contribution in [3.05, 3.63) is 24.5 Å². The molecule has 0 bridgehead atoms. The van der Waals surface area contributed by atoms with Crippen LogP contribution in [-0.4, -0.2) is 54.7 Å². The number of halogens is 1. The van der Waals surface area contributed by atoms with Crippen molar-refractivity contribution in [2.45, 2.75) is 33.2 Å². The van der Waals surface area contributed by atoms with Crippen molar-refractivity contribution < 1.29 is 0 Å². The summed E-state index contributed by atoms with van der Waals surface area (Å²) >= 11 is 0. The molecule has 2 N–H and O–H groups in total. The fraction of sp³-hybridized carbons (Fsp3) is 0.706. The smallest absolute Gasteiger partial charge is 0.191 e. The minimum absolute atomic E-state index is 0. The third kappa shape index (κ3) is 8.06. The number of aliphatic imine (C=N–C) groups is 1. The molecule has 0 aliphatic carbocycles. The Hall–Kier alpha value is -0.760. The van der Waals surface area contributed by atoms with Crippen LogP contribution in [0.15, 0.2) is 29.5 Å². The molecule has 6 heteroatoms. The maximum Gasteiger partial charge on any atom is 0.191 e. The molecule has 1 aromatic heterocycles. The van der Waals surface area contributed by atoms with Gasteiger partial charge in [0, 0.05) is 38.6 Å². The van der Waals surface area contributed by atoms with Gasteiger partial charge >= 0.3 is 0 Å². The highest BCUT2D eigenvalue weighted by atomic mass is 127. The Morgan fingerprint density at radius 3 is 2.48 bits per heavy atom. The van der Waals surface area contributed by atoms with E-state index in [4.69, 9.17) is 0 Å². The van der Waals surface area contributed by atoms with Crippen LogP contribution in [-0.2, 0) is 6.54 Å². The molecule has 132 valence electrons. The third-order valence-electron chi connectivity index (χ3n) is 4.24. The fourth-order valence-corrected chi connectivity index (χ4v) is 2.75. The number of hydrogen-bond donors (Lipinski definition) is 2. The van der Waals surface area contributed by atoms with Gasteiger partial charge in [0.1, 0.15) is 0 Å². The summed E-state index contributed by atoms with van der Waals surface area (Å²) in [5.41, 5.74) is 0. The maximum absolute atomic E-state index is 4.69. The monoisotopic (exact) mass is 433 g/mol. The van der Waals surface area contributed by atoms with Gasteiger partial charge in [0.15, 0.2) is 5.96 Å². The van der Waals surface area contributed by atoms with Gasteiger partial charge < -0.3 is 20.1 Å². The van der Waals surface area contributed by atoms with Gasteiger partial charge in [-0.1, -0.05) is 6.92 Å². The van der Waals surface area contributed by atoms with Gasteiger partial charge in [-0.3, -0.25) is 4.99 Å². The van der Waals surface area contributed by atoms with Gasteiger partial charge in [-0.2, -0.15) is 0 Å². The Labute approximate surface area is 157 Å². The first kappa shape index (κ1) is 20.3. The van der Waals surface area contributed by atoms with E-state index >= 15 is 0 Å². The molecule has 0 atom stereocenters. The molecule has 2 heterocycles. The van der Waals surface area contributed by atoms with Crippen molar-refractivity contribution in [1.29, 1.82) is 0 Å². The molecule has 0 amide bonds.